The van der Waals surface area contributed by atoms with Gasteiger partial charge in [0.1, 0.15) is 11.8 Å². The monoisotopic (exact) mass is 414 g/mol. The number of rotatable bonds is 10. The van der Waals surface area contributed by atoms with E-state index in [0.717, 1.165) is 17.1 Å². The summed E-state index contributed by atoms with van der Waals surface area (Å²) in [5.74, 6) is 1.61. The highest BCUT2D eigenvalue weighted by Crippen LogP contribution is 2.18. The van der Waals surface area contributed by atoms with Gasteiger partial charge in [0.2, 0.25) is 11.8 Å². The Morgan fingerprint density at radius 2 is 1.86 bits per heavy atom. The van der Waals surface area contributed by atoms with Crippen LogP contribution in [0.15, 0.2) is 48.5 Å². The maximum atomic E-state index is 13.0. The van der Waals surface area contributed by atoms with Crippen LogP contribution in [0, 0.1) is 6.92 Å². The lowest BCUT2D eigenvalue weighted by molar-refractivity contribution is -0.138. The van der Waals surface area contributed by atoms with Gasteiger partial charge in [0.15, 0.2) is 0 Å². The highest BCUT2D eigenvalue weighted by atomic mass is 32.2. The molecule has 0 aliphatic carbocycles. The molecule has 2 aromatic rings. The fourth-order valence-corrected chi connectivity index (χ4v) is 3.77. The maximum absolute atomic E-state index is 13.0. The van der Waals surface area contributed by atoms with E-state index in [1.165, 1.54) is 11.1 Å². The molecule has 156 valence electrons. The summed E-state index contributed by atoms with van der Waals surface area (Å²) in [4.78, 5) is 27.0. The standard InChI is InChI=1S/C23H30N2O3S/c1-5-24-23(27)18(3)25(14-20-7-6-8-21(13-20)28-4)22(26)16-29-15-19-11-9-17(2)10-12-19/h6-13,18H,5,14-16H2,1-4H3,(H,24,27)/t18-/m0/s1. The Balaban J connectivity index is 2.06. The second-order valence-electron chi connectivity index (χ2n) is 6.92. The third kappa shape index (κ3) is 7.13. The molecule has 0 saturated heterocycles. The summed E-state index contributed by atoms with van der Waals surface area (Å²) in [5, 5.41) is 2.81. The molecule has 2 rings (SSSR count). The van der Waals surface area contributed by atoms with E-state index in [1.807, 2.05) is 31.2 Å². The zero-order valence-electron chi connectivity index (χ0n) is 17.6. The molecule has 0 aliphatic rings. The van der Waals surface area contributed by atoms with Gasteiger partial charge in [-0.15, -0.1) is 11.8 Å². The number of hydrogen-bond acceptors (Lipinski definition) is 4. The number of nitrogens with one attached hydrogen (secondary N) is 1. The molecule has 2 amide bonds. The molecule has 1 atom stereocenters. The van der Waals surface area contributed by atoms with Gasteiger partial charge in [0, 0.05) is 18.8 Å². The summed E-state index contributed by atoms with van der Waals surface area (Å²) < 4.78 is 5.28. The van der Waals surface area contributed by atoms with Gasteiger partial charge in [-0.2, -0.15) is 0 Å². The molecule has 6 heteroatoms. The fraction of sp³-hybridized carbons (Fsp3) is 0.391. The van der Waals surface area contributed by atoms with Gasteiger partial charge in [-0.1, -0.05) is 42.0 Å². The van der Waals surface area contributed by atoms with Crippen molar-refractivity contribution in [2.75, 3.05) is 19.4 Å². The molecule has 0 radical (unpaired) electrons. The normalized spacial score (nSPS) is 11.6. The van der Waals surface area contributed by atoms with E-state index in [1.54, 1.807) is 30.7 Å². The first-order valence-corrected chi connectivity index (χ1v) is 10.9. The van der Waals surface area contributed by atoms with Crippen LogP contribution in [-0.4, -0.2) is 42.2 Å². The number of likely N-dealkylation sites (N-methyl/N-ethyl adjacent to an activating group) is 1. The number of carbonyl (C=O) groups is 2. The Labute approximate surface area is 177 Å². The third-order valence-electron chi connectivity index (χ3n) is 4.62. The number of carbonyl (C=O) groups excluding carboxylic acids is 2. The Bertz CT molecular complexity index is 808. The van der Waals surface area contributed by atoms with Gasteiger partial charge >= 0.3 is 0 Å². The summed E-state index contributed by atoms with van der Waals surface area (Å²) >= 11 is 1.56. The third-order valence-corrected chi connectivity index (χ3v) is 5.61. The van der Waals surface area contributed by atoms with Gasteiger partial charge < -0.3 is 15.0 Å². The minimum atomic E-state index is -0.548. The predicted molar refractivity (Wildman–Crippen MR) is 119 cm³/mol. The summed E-state index contributed by atoms with van der Waals surface area (Å²) in [6.45, 7) is 6.59. The quantitative estimate of drug-likeness (QED) is 0.643. The average molecular weight is 415 g/mol. The van der Waals surface area contributed by atoms with Crippen LogP contribution < -0.4 is 10.1 Å². The number of hydrogen-bond donors (Lipinski definition) is 1. The van der Waals surface area contributed by atoms with Gasteiger partial charge in [0.05, 0.1) is 12.9 Å². The van der Waals surface area contributed by atoms with E-state index in [9.17, 15) is 9.59 Å². The minimum Gasteiger partial charge on any atom is -0.497 e. The van der Waals surface area contributed by atoms with Gasteiger partial charge in [-0.3, -0.25) is 9.59 Å². The van der Waals surface area contributed by atoms with Crippen molar-refractivity contribution in [1.29, 1.82) is 0 Å². The Kier molecular flexibility index (Phi) is 9.06. The van der Waals surface area contributed by atoms with E-state index in [2.05, 4.69) is 36.5 Å². The van der Waals surface area contributed by atoms with E-state index in [4.69, 9.17) is 4.74 Å². The second kappa shape index (κ2) is 11.5. The smallest absolute Gasteiger partial charge is 0.242 e. The zero-order chi connectivity index (χ0) is 21.2. The molecule has 2 aromatic carbocycles. The number of benzene rings is 2. The molecule has 0 bridgehead atoms. The molecule has 0 unspecified atom stereocenters. The average Bonchev–Trinajstić information content (AvgIpc) is 2.73. The number of methoxy groups -OCH3 is 1. The number of nitrogens with zero attached hydrogens (tertiary/aromatic N) is 1. The van der Waals surface area contributed by atoms with E-state index >= 15 is 0 Å². The van der Waals surface area contributed by atoms with E-state index in [-0.39, 0.29) is 11.8 Å². The highest BCUT2D eigenvalue weighted by Gasteiger charge is 2.25. The molecular weight excluding hydrogens is 384 g/mol. The second-order valence-corrected chi connectivity index (χ2v) is 7.91. The minimum absolute atomic E-state index is 0.0521. The SMILES string of the molecule is CCNC(=O)[C@H](C)N(Cc1cccc(OC)c1)C(=O)CSCc1ccc(C)cc1. The van der Waals surface area contributed by atoms with Crippen LogP contribution >= 0.6 is 11.8 Å². The first-order valence-electron chi connectivity index (χ1n) is 9.78. The molecule has 0 fully saturated rings. The van der Waals surface area contributed by atoms with E-state index < -0.39 is 6.04 Å². The van der Waals surface area contributed by atoms with Crippen molar-refractivity contribution in [2.24, 2.45) is 0 Å². The van der Waals surface area contributed by atoms with Gasteiger partial charge in [-0.25, -0.2) is 0 Å². The number of ether oxygens (including phenoxy) is 1. The molecule has 0 heterocycles. The van der Waals surface area contributed by atoms with Gasteiger partial charge in [-0.05, 0) is 44.0 Å². The number of aryl methyl sites for hydroxylation is 1. The Hall–Kier alpha value is -2.47. The zero-order valence-corrected chi connectivity index (χ0v) is 18.4. The molecule has 0 aliphatic heterocycles. The lowest BCUT2D eigenvalue weighted by Gasteiger charge is -2.28. The topological polar surface area (TPSA) is 58.6 Å². The molecule has 0 spiro atoms. The molecule has 1 N–H and O–H groups in total. The van der Waals surface area contributed by atoms with Crippen LogP contribution in [0.4, 0.5) is 0 Å². The first-order chi connectivity index (χ1) is 13.9. The van der Waals surface area contributed by atoms with Crippen molar-refractivity contribution in [3.05, 3.63) is 65.2 Å². The number of amides is 2. The Morgan fingerprint density at radius 3 is 2.52 bits per heavy atom. The van der Waals surface area contributed by atoms with Crippen LogP contribution in [0.1, 0.15) is 30.5 Å². The molecule has 0 aromatic heterocycles. The summed E-state index contributed by atoms with van der Waals surface area (Å²) in [6.07, 6.45) is 0. The van der Waals surface area contributed by atoms with Crippen LogP contribution in [-0.2, 0) is 21.9 Å². The van der Waals surface area contributed by atoms with Gasteiger partial charge in [0.25, 0.3) is 0 Å². The summed E-state index contributed by atoms with van der Waals surface area (Å²) in [5.41, 5.74) is 3.33. The summed E-state index contributed by atoms with van der Waals surface area (Å²) in [6, 6.07) is 15.3. The largest absolute Gasteiger partial charge is 0.497 e. The van der Waals surface area contributed by atoms with Crippen LogP contribution in [0.5, 0.6) is 5.75 Å². The van der Waals surface area contributed by atoms with E-state index in [0.29, 0.717) is 18.8 Å². The Morgan fingerprint density at radius 1 is 1.14 bits per heavy atom. The van der Waals surface area contributed by atoms with Crippen molar-refractivity contribution in [2.45, 2.75) is 39.1 Å². The van der Waals surface area contributed by atoms with Crippen molar-refractivity contribution in [1.82, 2.24) is 10.2 Å². The first kappa shape index (κ1) is 22.8. The van der Waals surface area contributed by atoms with Crippen LogP contribution in [0.25, 0.3) is 0 Å². The lowest BCUT2D eigenvalue weighted by atomic mass is 10.1. The molecule has 0 saturated carbocycles. The molecule has 5 nitrogen and oxygen atoms in total. The van der Waals surface area contributed by atoms with Crippen LogP contribution in [0.3, 0.4) is 0 Å². The summed E-state index contributed by atoms with van der Waals surface area (Å²) in [7, 11) is 1.61. The van der Waals surface area contributed by atoms with Crippen molar-refractivity contribution in [3.8, 4) is 5.75 Å². The fourth-order valence-electron chi connectivity index (χ4n) is 2.90. The molecular formula is C23H30N2O3S. The number of thioether (sulfide) groups is 1. The van der Waals surface area contributed by atoms with Crippen molar-refractivity contribution >= 4 is 23.6 Å². The maximum Gasteiger partial charge on any atom is 0.242 e. The van der Waals surface area contributed by atoms with Crippen molar-refractivity contribution in [3.63, 3.8) is 0 Å². The van der Waals surface area contributed by atoms with Crippen LogP contribution in [0.2, 0.25) is 0 Å². The highest BCUT2D eigenvalue weighted by molar-refractivity contribution is 7.99. The predicted octanol–water partition coefficient (Wildman–Crippen LogP) is 3.79. The lowest BCUT2D eigenvalue weighted by Crippen LogP contribution is -2.48. The molecule has 29 heavy (non-hydrogen) atoms. The van der Waals surface area contributed by atoms with Crippen molar-refractivity contribution < 1.29 is 14.3 Å².